The van der Waals surface area contributed by atoms with Gasteiger partial charge in [-0.1, -0.05) is 12.1 Å². The summed E-state index contributed by atoms with van der Waals surface area (Å²) in [7, 11) is 1.65. The van der Waals surface area contributed by atoms with Crippen molar-refractivity contribution >= 4 is 17.7 Å². The van der Waals surface area contributed by atoms with Crippen LogP contribution in [0, 0.1) is 0 Å². The molecule has 0 aliphatic carbocycles. The van der Waals surface area contributed by atoms with Gasteiger partial charge in [-0.2, -0.15) is 0 Å². The third-order valence-electron chi connectivity index (χ3n) is 3.11. The molecule has 1 N–H and O–H groups in total. The lowest BCUT2D eigenvalue weighted by atomic mass is 10.3. The summed E-state index contributed by atoms with van der Waals surface area (Å²) < 4.78 is 5.29. The van der Waals surface area contributed by atoms with Crippen molar-refractivity contribution in [3.63, 3.8) is 0 Å². The molecule has 19 heavy (non-hydrogen) atoms. The van der Waals surface area contributed by atoms with Gasteiger partial charge in [0.1, 0.15) is 5.75 Å². The summed E-state index contributed by atoms with van der Waals surface area (Å²) in [5.41, 5.74) is 0. The minimum atomic E-state index is 0.208. The van der Waals surface area contributed by atoms with Gasteiger partial charge in [-0.05, 0) is 25.1 Å². The van der Waals surface area contributed by atoms with Gasteiger partial charge < -0.3 is 15.0 Å². The lowest BCUT2D eigenvalue weighted by Crippen LogP contribution is -2.35. The van der Waals surface area contributed by atoms with Crippen LogP contribution in [0.3, 0.4) is 0 Å². The fourth-order valence-electron chi connectivity index (χ4n) is 2.06. The molecule has 0 aromatic heterocycles. The fraction of sp³-hybridized carbons (Fsp3) is 0.500. The molecule has 1 amide bonds. The van der Waals surface area contributed by atoms with E-state index in [0.29, 0.717) is 5.75 Å². The highest BCUT2D eigenvalue weighted by atomic mass is 32.2. The van der Waals surface area contributed by atoms with Crippen LogP contribution in [-0.4, -0.2) is 49.8 Å². The summed E-state index contributed by atoms with van der Waals surface area (Å²) >= 11 is 1.54. The number of nitrogens with zero attached hydrogens (tertiary/aromatic N) is 1. The molecule has 1 aliphatic rings. The Morgan fingerprint density at radius 1 is 1.37 bits per heavy atom. The van der Waals surface area contributed by atoms with Crippen LogP contribution >= 0.6 is 11.8 Å². The molecule has 104 valence electrons. The smallest absolute Gasteiger partial charge is 0.232 e. The van der Waals surface area contributed by atoms with Gasteiger partial charge in [0.2, 0.25) is 5.91 Å². The quantitative estimate of drug-likeness (QED) is 0.851. The minimum Gasteiger partial charge on any atom is -0.496 e. The molecule has 0 unspecified atom stereocenters. The van der Waals surface area contributed by atoms with Crippen LogP contribution in [0.4, 0.5) is 0 Å². The zero-order valence-corrected chi connectivity index (χ0v) is 12.0. The Kier molecular flexibility index (Phi) is 5.54. The highest BCUT2D eigenvalue weighted by molar-refractivity contribution is 8.00. The van der Waals surface area contributed by atoms with Crippen LogP contribution in [0.1, 0.15) is 6.42 Å². The SMILES string of the molecule is COc1ccccc1SCC(=O)N1CCCNCC1. The topological polar surface area (TPSA) is 41.6 Å². The van der Waals surface area contributed by atoms with Gasteiger partial charge in [0, 0.05) is 24.5 Å². The number of methoxy groups -OCH3 is 1. The van der Waals surface area contributed by atoms with Gasteiger partial charge in [0.25, 0.3) is 0 Å². The first kappa shape index (κ1) is 14.2. The van der Waals surface area contributed by atoms with E-state index >= 15 is 0 Å². The van der Waals surface area contributed by atoms with E-state index in [4.69, 9.17) is 4.74 Å². The Labute approximate surface area is 118 Å². The summed E-state index contributed by atoms with van der Waals surface area (Å²) in [6.45, 7) is 3.57. The highest BCUT2D eigenvalue weighted by Gasteiger charge is 2.15. The predicted octanol–water partition coefficient (Wildman–Crippen LogP) is 1.61. The highest BCUT2D eigenvalue weighted by Crippen LogP contribution is 2.28. The summed E-state index contributed by atoms with van der Waals surface area (Å²) in [5.74, 6) is 1.51. The molecule has 1 aromatic carbocycles. The van der Waals surface area contributed by atoms with Crippen molar-refractivity contribution < 1.29 is 9.53 Å². The third-order valence-corrected chi connectivity index (χ3v) is 4.15. The molecule has 1 aliphatic heterocycles. The molecule has 1 saturated heterocycles. The Balaban J connectivity index is 1.88. The molecule has 2 rings (SSSR count). The standard InChI is InChI=1S/C14H20N2O2S/c1-18-12-5-2-3-6-13(12)19-11-14(17)16-9-4-7-15-8-10-16/h2-3,5-6,15H,4,7-11H2,1H3. The van der Waals surface area contributed by atoms with Crippen molar-refractivity contribution in [2.45, 2.75) is 11.3 Å². The van der Waals surface area contributed by atoms with Crippen LogP contribution in [0.15, 0.2) is 29.2 Å². The number of hydrogen-bond acceptors (Lipinski definition) is 4. The normalized spacial score (nSPS) is 15.9. The number of thioether (sulfide) groups is 1. The number of nitrogens with one attached hydrogen (secondary N) is 1. The van der Waals surface area contributed by atoms with Crippen molar-refractivity contribution in [3.05, 3.63) is 24.3 Å². The van der Waals surface area contributed by atoms with Gasteiger partial charge >= 0.3 is 0 Å². The molecule has 0 radical (unpaired) electrons. The second kappa shape index (κ2) is 7.40. The van der Waals surface area contributed by atoms with Crippen LogP contribution in [0.5, 0.6) is 5.75 Å². The van der Waals surface area contributed by atoms with E-state index in [2.05, 4.69) is 5.32 Å². The number of carbonyl (C=O) groups is 1. The molecule has 1 heterocycles. The van der Waals surface area contributed by atoms with Gasteiger partial charge in [-0.15, -0.1) is 11.8 Å². The van der Waals surface area contributed by atoms with Crippen molar-refractivity contribution in [1.29, 1.82) is 0 Å². The van der Waals surface area contributed by atoms with Gasteiger partial charge in [-0.3, -0.25) is 4.79 Å². The van der Waals surface area contributed by atoms with Crippen molar-refractivity contribution in [2.75, 3.05) is 39.0 Å². The second-order valence-corrected chi connectivity index (χ2v) is 5.44. The van der Waals surface area contributed by atoms with E-state index < -0.39 is 0 Å². The molecule has 1 fully saturated rings. The number of para-hydroxylation sites is 1. The Morgan fingerprint density at radius 3 is 3.05 bits per heavy atom. The first-order valence-corrected chi connectivity index (χ1v) is 7.54. The number of rotatable bonds is 4. The number of hydrogen-bond donors (Lipinski definition) is 1. The molecule has 0 bridgehead atoms. The van der Waals surface area contributed by atoms with Crippen molar-refractivity contribution in [3.8, 4) is 5.75 Å². The van der Waals surface area contributed by atoms with Crippen LogP contribution in [0.25, 0.3) is 0 Å². The minimum absolute atomic E-state index is 0.208. The zero-order chi connectivity index (χ0) is 13.5. The number of amides is 1. The first-order valence-electron chi connectivity index (χ1n) is 6.55. The maximum Gasteiger partial charge on any atom is 0.232 e. The average Bonchev–Trinajstić information content (AvgIpc) is 2.74. The van der Waals surface area contributed by atoms with Crippen LogP contribution < -0.4 is 10.1 Å². The van der Waals surface area contributed by atoms with Gasteiger partial charge in [-0.25, -0.2) is 0 Å². The molecule has 1 aromatic rings. The maximum absolute atomic E-state index is 12.2. The van der Waals surface area contributed by atoms with E-state index in [1.165, 1.54) is 0 Å². The zero-order valence-electron chi connectivity index (χ0n) is 11.2. The molecular weight excluding hydrogens is 260 g/mol. The van der Waals surface area contributed by atoms with Gasteiger partial charge in [0.15, 0.2) is 0 Å². The molecular formula is C14H20N2O2S. The van der Waals surface area contributed by atoms with E-state index in [-0.39, 0.29) is 5.91 Å². The number of carbonyl (C=O) groups excluding carboxylic acids is 1. The van der Waals surface area contributed by atoms with Crippen LogP contribution in [0.2, 0.25) is 0 Å². The number of benzene rings is 1. The van der Waals surface area contributed by atoms with Crippen molar-refractivity contribution in [1.82, 2.24) is 10.2 Å². The Morgan fingerprint density at radius 2 is 2.21 bits per heavy atom. The summed E-state index contributed by atoms with van der Waals surface area (Å²) in [6, 6.07) is 7.81. The predicted molar refractivity (Wildman–Crippen MR) is 77.8 cm³/mol. The van der Waals surface area contributed by atoms with E-state index in [0.717, 1.165) is 43.2 Å². The third kappa shape index (κ3) is 4.14. The Hall–Kier alpha value is -1.20. The maximum atomic E-state index is 12.2. The van der Waals surface area contributed by atoms with E-state index in [1.807, 2.05) is 29.2 Å². The summed E-state index contributed by atoms with van der Waals surface area (Å²) in [5, 5.41) is 3.30. The van der Waals surface area contributed by atoms with Crippen molar-refractivity contribution in [2.24, 2.45) is 0 Å². The first-order chi connectivity index (χ1) is 9.31. The van der Waals surface area contributed by atoms with E-state index in [1.54, 1.807) is 18.9 Å². The molecule has 0 spiro atoms. The van der Waals surface area contributed by atoms with Gasteiger partial charge in [0.05, 0.1) is 12.9 Å². The lowest BCUT2D eigenvalue weighted by Gasteiger charge is -2.19. The molecule has 0 atom stereocenters. The number of ether oxygens (including phenoxy) is 1. The lowest BCUT2D eigenvalue weighted by molar-refractivity contribution is -0.128. The monoisotopic (exact) mass is 280 g/mol. The average molecular weight is 280 g/mol. The van der Waals surface area contributed by atoms with Crippen LogP contribution in [-0.2, 0) is 4.79 Å². The largest absolute Gasteiger partial charge is 0.496 e. The molecule has 5 heteroatoms. The molecule has 4 nitrogen and oxygen atoms in total. The summed E-state index contributed by atoms with van der Waals surface area (Å²) in [6.07, 6.45) is 1.03. The fourth-order valence-corrected chi connectivity index (χ4v) is 2.99. The Bertz CT molecular complexity index is 418. The van der Waals surface area contributed by atoms with E-state index in [9.17, 15) is 4.79 Å². The molecule has 0 saturated carbocycles. The summed E-state index contributed by atoms with van der Waals surface area (Å²) in [4.78, 5) is 15.1. The second-order valence-electron chi connectivity index (χ2n) is 4.42.